The van der Waals surface area contributed by atoms with Gasteiger partial charge in [0.1, 0.15) is 17.3 Å². The van der Waals surface area contributed by atoms with Gasteiger partial charge in [-0.25, -0.2) is 0 Å². The van der Waals surface area contributed by atoms with E-state index in [1.54, 1.807) is 0 Å². The van der Waals surface area contributed by atoms with Gasteiger partial charge in [0.15, 0.2) is 0 Å². The summed E-state index contributed by atoms with van der Waals surface area (Å²) in [6.45, 7) is 0.263. The van der Waals surface area contributed by atoms with Crippen molar-refractivity contribution < 1.29 is 27.4 Å². The third-order valence-corrected chi connectivity index (χ3v) is 2.84. The lowest BCUT2D eigenvalue weighted by molar-refractivity contribution is -0.385. The van der Waals surface area contributed by atoms with Gasteiger partial charge < -0.3 is 9.47 Å². The highest BCUT2D eigenvalue weighted by Crippen LogP contribution is 2.28. The molecule has 0 atom stereocenters. The highest BCUT2D eigenvalue weighted by molar-refractivity contribution is 7.86. The van der Waals surface area contributed by atoms with E-state index in [0.29, 0.717) is 0 Å². The predicted octanol–water partition coefficient (Wildman–Crippen LogP) is 0.867. The molecular formula is C9H11NO7S. The number of ether oxygens (including phenoxy) is 2. The molecule has 0 bridgehead atoms. The molecule has 1 aromatic carbocycles. The lowest BCUT2D eigenvalue weighted by Gasteiger charge is -2.08. The van der Waals surface area contributed by atoms with Crippen LogP contribution in [0.1, 0.15) is 0 Å². The topological polar surface area (TPSA) is 116 Å². The molecule has 0 unspecified atom stereocenters. The molecule has 1 N–H and O–H groups in total. The summed E-state index contributed by atoms with van der Waals surface area (Å²) in [5.41, 5.74) is -0.457. The fourth-order valence-electron chi connectivity index (χ4n) is 1.17. The first-order chi connectivity index (χ1) is 8.36. The average Bonchev–Trinajstić information content (AvgIpc) is 2.28. The maximum absolute atomic E-state index is 11.1. The summed E-state index contributed by atoms with van der Waals surface area (Å²) in [5.74, 6) is -0.167. The number of nitrogens with zero attached hydrogens (tertiary/aromatic N) is 1. The molecule has 0 aromatic heterocycles. The molecule has 0 aliphatic heterocycles. The minimum Gasteiger partial charge on any atom is -0.490 e. The molecule has 0 radical (unpaired) electrons. The SMILES string of the molecule is COCCOc1ccc([N+](=O)[O-])cc1S(=O)(=O)O. The van der Waals surface area contributed by atoms with Gasteiger partial charge in [0.2, 0.25) is 0 Å². The van der Waals surface area contributed by atoms with Crippen molar-refractivity contribution in [2.75, 3.05) is 20.3 Å². The van der Waals surface area contributed by atoms with Crippen LogP contribution in [0.25, 0.3) is 0 Å². The van der Waals surface area contributed by atoms with E-state index in [1.807, 2.05) is 0 Å². The van der Waals surface area contributed by atoms with Crippen LogP contribution in [-0.2, 0) is 14.9 Å². The number of rotatable bonds is 6. The van der Waals surface area contributed by atoms with Crippen LogP contribution in [0.15, 0.2) is 23.1 Å². The second kappa shape index (κ2) is 5.76. The largest absolute Gasteiger partial charge is 0.490 e. The average molecular weight is 277 g/mol. The van der Waals surface area contributed by atoms with Crippen LogP contribution in [0.3, 0.4) is 0 Å². The van der Waals surface area contributed by atoms with E-state index < -0.39 is 25.6 Å². The van der Waals surface area contributed by atoms with Crippen molar-refractivity contribution in [3.8, 4) is 5.75 Å². The summed E-state index contributed by atoms with van der Waals surface area (Å²) in [6, 6.07) is 2.92. The number of nitro groups is 1. The molecule has 0 saturated carbocycles. The fourth-order valence-corrected chi connectivity index (χ4v) is 1.82. The zero-order chi connectivity index (χ0) is 13.8. The Morgan fingerprint density at radius 1 is 1.39 bits per heavy atom. The molecule has 8 nitrogen and oxygen atoms in total. The minimum absolute atomic E-state index is 0.0524. The van der Waals surface area contributed by atoms with Gasteiger partial charge in [0, 0.05) is 19.2 Å². The lowest BCUT2D eigenvalue weighted by Crippen LogP contribution is -2.08. The molecule has 0 saturated heterocycles. The molecule has 0 heterocycles. The first-order valence-electron chi connectivity index (χ1n) is 4.74. The molecule has 0 fully saturated rings. The van der Waals surface area contributed by atoms with Crippen molar-refractivity contribution in [3.05, 3.63) is 28.3 Å². The fraction of sp³-hybridized carbons (Fsp3) is 0.333. The molecule has 9 heteroatoms. The van der Waals surface area contributed by atoms with Gasteiger partial charge in [-0.2, -0.15) is 8.42 Å². The van der Waals surface area contributed by atoms with Gasteiger partial charge in [-0.05, 0) is 6.07 Å². The summed E-state index contributed by atoms with van der Waals surface area (Å²) >= 11 is 0. The van der Waals surface area contributed by atoms with Gasteiger partial charge >= 0.3 is 0 Å². The third-order valence-electron chi connectivity index (χ3n) is 1.96. The number of nitro benzene ring substituents is 1. The van der Waals surface area contributed by atoms with Crippen LogP contribution in [0.5, 0.6) is 5.75 Å². The minimum atomic E-state index is -4.60. The standard InChI is InChI=1S/C9H11NO7S/c1-16-4-5-17-8-3-2-7(10(11)12)6-9(8)18(13,14)15/h2-3,6H,4-5H2,1H3,(H,13,14,15). The molecule has 1 aromatic rings. The quantitative estimate of drug-likeness (QED) is 0.355. The Labute approximate surface area is 103 Å². The van der Waals surface area contributed by atoms with Crippen molar-refractivity contribution in [2.45, 2.75) is 4.90 Å². The zero-order valence-electron chi connectivity index (χ0n) is 9.40. The van der Waals surface area contributed by atoms with Gasteiger partial charge in [-0.1, -0.05) is 0 Å². The van der Waals surface area contributed by atoms with E-state index in [4.69, 9.17) is 14.0 Å². The highest BCUT2D eigenvalue weighted by Gasteiger charge is 2.21. The van der Waals surface area contributed by atoms with Crippen molar-refractivity contribution in [1.82, 2.24) is 0 Å². The van der Waals surface area contributed by atoms with Crippen LogP contribution in [-0.4, -0.2) is 38.2 Å². The number of hydrogen-bond donors (Lipinski definition) is 1. The number of non-ortho nitro benzene ring substituents is 1. The Hall–Kier alpha value is -1.71. The maximum Gasteiger partial charge on any atom is 0.298 e. The third kappa shape index (κ3) is 3.65. The second-order valence-electron chi connectivity index (χ2n) is 3.20. The van der Waals surface area contributed by atoms with E-state index in [1.165, 1.54) is 7.11 Å². The van der Waals surface area contributed by atoms with Crippen molar-refractivity contribution in [2.24, 2.45) is 0 Å². The molecule has 0 amide bonds. The van der Waals surface area contributed by atoms with Crippen LogP contribution >= 0.6 is 0 Å². The van der Waals surface area contributed by atoms with Gasteiger partial charge in [-0.15, -0.1) is 0 Å². The zero-order valence-corrected chi connectivity index (χ0v) is 10.2. The molecule has 100 valence electrons. The van der Waals surface area contributed by atoms with Gasteiger partial charge in [0.05, 0.1) is 11.5 Å². The Bertz CT molecular complexity index is 540. The van der Waals surface area contributed by atoms with Crippen molar-refractivity contribution >= 4 is 15.8 Å². The molecule has 18 heavy (non-hydrogen) atoms. The lowest BCUT2D eigenvalue weighted by atomic mass is 10.3. The molecule has 0 aliphatic carbocycles. The normalized spacial score (nSPS) is 11.2. The van der Waals surface area contributed by atoms with Crippen LogP contribution < -0.4 is 4.74 Å². The summed E-state index contributed by atoms with van der Waals surface area (Å²) < 4.78 is 40.9. The van der Waals surface area contributed by atoms with Crippen LogP contribution in [0, 0.1) is 10.1 Å². The molecule has 0 aliphatic rings. The van der Waals surface area contributed by atoms with E-state index in [0.717, 1.165) is 18.2 Å². The molecule has 0 spiro atoms. The summed E-state index contributed by atoms with van der Waals surface area (Å²) in [6.07, 6.45) is 0. The Balaban J connectivity index is 3.14. The Morgan fingerprint density at radius 3 is 2.56 bits per heavy atom. The monoisotopic (exact) mass is 277 g/mol. The Kier molecular flexibility index (Phi) is 4.59. The van der Waals surface area contributed by atoms with Gasteiger partial charge in [0.25, 0.3) is 15.8 Å². The Morgan fingerprint density at radius 2 is 2.06 bits per heavy atom. The number of hydrogen-bond acceptors (Lipinski definition) is 6. The summed E-state index contributed by atoms with van der Waals surface area (Å²) in [4.78, 5) is 9.10. The number of methoxy groups -OCH3 is 1. The summed E-state index contributed by atoms with van der Waals surface area (Å²) in [7, 11) is -3.16. The number of benzene rings is 1. The van der Waals surface area contributed by atoms with Gasteiger partial charge in [-0.3, -0.25) is 14.7 Å². The van der Waals surface area contributed by atoms with Crippen molar-refractivity contribution in [1.29, 1.82) is 0 Å². The van der Waals surface area contributed by atoms with E-state index in [9.17, 15) is 18.5 Å². The van der Waals surface area contributed by atoms with Crippen molar-refractivity contribution in [3.63, 3.8) is 0 Å². The predicted molar refractivity (Wildman–Crippen MR) is 60.3 cm³/mol. The van der Waals surface area contributed by atoms with Crippen LogP contribution in [0.2, 0.25) is 0 Å². The molecular weight excluding hydrogens is 266 g/mol. The molecule has 1 rings (SSSR count). The van der Waals surface area contributed by atoms with Crippen LogP contribution in [0.4, 0.5) is 5.69 Å². The van der Waals surface area contributed by atoms with E-state index >= 15 is 0 Å². The smallest absolute Gasteiger partial charge is 0.298 e. The van der Waals surface area contributed by atoms with E-state index in [2.05, 4.69) is 0 Å². The summed E-state index contributed by atoms with van der Waals surface area (Å²) in [5, 5.41) is 10.5. The first-order valence-corrected chi connectivity index (χ1v) is 6.18. The van der Waals surface area contributed by atoms with E-state index in [-0.39, 0.29) is 19.0 Å². The highest BCUT2D eigenvalue weighted by atomic mass is 32.2. The second-order valence-corrected chi connectivity index (χ2v) is 4.59. The first kappa shape index (κ1) is 14.4. The maximum atomic E-state index is 11.1.